The van der Waals surface area contributed by atoms with E-state index in [9.17, 15) is 31.5 Å². The standard InChI is InChI=1S/C16H13F5N2O2/c1-7(15(24)22-6-8-4-2-3-5-8)23-16(25)9-10(17)12(19)14(21)13(20)11(9)18/h2,4-5,7H,3,6H2,1H3,(H,22,24)(H,23,25). The molecule has 2 N–H and O–H groups in total. The molecule has 0 saturated heterocycles. The molecule has 0 aliphatic heterocycles. The van der Waals surface area contributed by atoms with Crippen molar-refractivity contribution in [1.82, 2.24) is 10.6 Å². The summed E-state index contributed by atoms with van der Waals surface area (Å²) in [5.74, 6) is -13.6. The molecular formula is C16H13F5N2O2. The predicted molar refractivity (Wildman–Crippen MR) is 78.0 cm³/mol. The van der Waals surface area contributed by atoms with Crippen LogP contribution in [0, 0.1) is 29.1 Å². The summed E-state index contributed by atoms with van der Waals surface area (Å²) < 4.78 is 66.3. The highest BCUT2D eigenvalue weighted by Gasteiger charge is 2.30. The minimum absolute atomic E-state index is 0.179. The maximum Gasteiger partial charge on any atom is 0.258 e. The zero-order valence-electron chi connectivity index (χ0n) is 12.9. The fraction of sp³-hybridized carbons (Fsp3) is 0.250. The van der Waals surface area contributed by atoms with Crippen LogP contribution in [0.25, 0.3) is 0 Å². The van der Waals surface area contributed by atoms with Crippen LogP contribution in [0.15, 0.2) is 23.8 Å². The zero-order valence-corrected chi connectivity index (χ0v) is 12.9. The van der Waals surface area contributed by atoms with Gasteiger partial charge in [0.25, 0.3) is 5.91 Å². The molecular weight excluding hydrogens is 347 g/mol. The van der Waals surface area contributed by atoms with Crippen molar-refractivity contribution < 1.29 is 31.5 Å². The van der Waals surface area contributed by atoms with Crippen molar-refractivity contribution in [3.05, 3.63) is 58.5 Å². The smallest absolute Gasteiger partial charge is 0.258 e. The van der Waals surface area contributed by atoms with E-state index in [1.165, 1.54) is 6.92 Å². The molecule has 1 aromatic rings. The SMILES string of the molecule is CC(NC(=O)c1c(F)c(F)c(F)c(F)c1F)C(=O)NCC1=CCC=C1. The molecule has 1 aliphatic rings. The normalized spacial score (nSPS) is 14.2. The van der Waals surface area contributed by atoms with E-state index in [0.717, 1.165) is 12.0 Å². The minimum Gasteiger partial charge on any atom is -0.350 e. The largest absolute Gasteiger partial charge is 0.350 e. The van der Waals surface area contributed by atoms with Gasteiger partial charge in [-0.05, 0) is 18.9 Å². The molecule has 1 unspecified atom stereocenters. The van der Waals surface area contributed by atoms with E-state index in [0.29, 0.717) is 0 Å². The highest BCUT2D eigenvalue weighted by Crippen LogP contribution is 2.23. The van der Waals surface area contributed by atoms with Gasteiger partial charge in [-0.25, -0.2) is 22.0 Å². The summed E-state index contributed by atoms with van der Waals surface area (Å²) in [5.41, 5.74) is -0.802. The Balaban J connectivity index is 2.08. The summed E-state index contributed by atoms with van der Waals surface area (Å²) in [6, 6.07) is -1.26. The Morgan fingerprint density at radius 1 is 1.04 bits per heavy atom. The molecule has 25 heavy (non-hydrogen) atoms. The van der Waals surface area contributed by atoms with Crippen LogP contribution in [0.3, 0.4) is 0 Å². The van der Waals surface area contributed by atoms with Crippen molar-refractivity contribution in [2.24, 2.45) is 0 Å². The topological polar surface area (TPSA) is 58.2 Å². The van der Waals surface area contributed by atoms with Gasteiger partial charge in [-0.3, -0.25) is 9.59 Å². The number of carbonyl (C=O) groups excluding carboxylic acids is 2. The Kier molecular flexibility index (Phi) is 5.55. The fourth-order valence-corrected chi connectivity index (χ4v) is 2.12. The van der Waals surface area contributed by atoms with Crippen LogP contribution in [0.2, 0.25) is 0 Å². The van der Waals surface area contributed by atoms with Gasteiger partial charge < -0.3 is 10.6 Å². The third kappa shape index (κ3) is 3.86. The molecule has 2 rings (SSSR count). The third-order valence-corrected chi connectivity index (χ3v) is 3.49. The molecule has 134 valence electrons. The van der Waals surface area contributed by atoms with Crippen molar-refractivity contribution >= 4 is 11.8 Å². The number of carbonyl (C=O) groups is 2. The maximum absolute atomic E-state index is 13.6. The van der Waals surface area contributed by atoms with E-state index in [4.69, 9.17) is 0 Å². The predicted octanol–water partition coefficient (Wildman–Crippen LogP) is 2.50. The van der Waals surface area contributed by atoms with Gasteiger partial charge in [-0.1, -0.05) is 18.2 Å². The van der Waals surface area contributed by atoms with Gasteiger partial charge in [-0.15, -0.1) is 0 Å². The molecule has 0 radical (unpaired) electrons. The number of rotatable bonds is 5. The summed E-state index contributed by atoms with van der Waals surface area (Å²) in [6.45, 7) is 1.39. The van der Waals surface area contributed by atoms with E-state index >= 15 is 0 Å². The first-order valence-electron chi connectivity index (χ1n) is 7.19. The van der Waals surface area contributed by atoms with Crippen LogP contribution < -0.4 is 10.6 Å². The first-order chi connectivity index (χ1) is 11.7. The second-order valence-corrected chi connectivity index (χ2v) is 5.27. The van der Waals surface area contributed by atoms with Crippen molar-refractivity contribution in [2.45, 2.75) is 19.4 Å². The molecule has 0 bridgehead atoms. The van der Waals surface area contributed by atoms with E-state index in [-0.39, 0.29) is 6.54 Å². The van der Waals surface area contributed by atoms with Gasteiger partial charge in [0, 0.05) is 6.54 Å². The van der Waals surface area contributed by atoms with Crippen molar-refractivity contribution in [3.63, 3.8) is 0 Å². The lowest BCUT2D eigenvalue weighted by Gasteiger charge is -2.15. The Hall–Kier alpha value is -2.71. The highest BCUT2D eigenvalue weighted by molar-refractivity contribution is 5.98. The van der Waals surface area contributed by atoms with Gasteiger partial charge in [0.1, 0.15) is 11.6 Å². The molecule has 0 heterocycles. The lowest BCUT2D eigenvalue weighted by atomic mass is 10.1. The third-order valence-electron chi connectivity index (χ3n) is 3.49. The van der Waals surface area contributed by atoms with Gasteiger partial charge in [0.2, 0.25) is 11.7 Å². The number of nitrogens with one attached hydrogen (secondary N) is 2. The Labute approximate surface area is 139 Å². The molecule has 4 nitrogen and oxygen atoms in total. The molecule has 2 amide bonds. The van der Waals surface area contributed by atoms with Crippen LogP contribution in [-0.4, -0.2) is 24.4 Å². The van der Waals surface area contributed by atoms with Gasteiger partial charge in [-0.2, -0.15) is 0 Å². The number of halogens is 5. The number of allylic oxidation sites excluding steroid dienone is 2. The summed E-state index contributed by atoms with van der Waals surface area (Å²) in [6.07, 6.45) is 6.25. The van der Waals surface area contributed by atoms with Crippen LogP contribution >= 0.6 is 0 Å². The molecule has 1 aliphatic carbocycles. The van der Waals surface area contributed by atoms with Crippen LogP contribution in [0.4, 0.5) is 22.0 Å². The lowest BCUT2D eigenvalue weighted by Crippen LogP contribution is -2.45. The maximum atomic E-state index is 13.6. The summed E-state index contributed by atoms with van der Waals surface area (Å²) in [7, 11) is 0. The van der Waals surface area contributed by atoms with E-state index in [2.05, 4.69) is 5.32 Å². The van der Waals surface area contributed by atoms with Crippen molar-refractivity contribution in [2.75, 3.05) is 6.54 Å². The van der Waals surface area contributed by atoms with E-state index < -0.39 is 52.5 Å². The average molecular weight is 360 g/mol. The zero-order chi connectivity index (χ0) is 18.7. The second-order valence-electron chi connectivity index (χ2n) is 5.27. The first-order valence-corrected chi connectivity index (χ1v) is 7.19. The number of hydrogen-bond donors (Lipinski definition) is 2. The quantitative estimate of drug-likeness (QED) is 0.482. The second kappa shape index (κ2) is 7.45. The van der Waals surface area contributed by atoms with Crippen molar-refractivity contribution in [1.29, 1.82) is 0 Å². The molecule has 0 spiro atoms. The Bertz CT molecular complexity index is 760. The number of hydrogen-bond acceptors (Lipinski definition) is 2. The fourth-order valence-electron chi connectivity index (χ4n) is 2.12. The molecule has 0 fully saturated rings. The average Bonchev–Trinajstić information content (AvgIpc) is 3.09. The van der Waals surface area contributed by atoms with E-state index in [1.807, 2.05) is 17.5 Å². The molecule has 0 saturated carbocycles. The summed E-state index contributed by atoms with van der Waals surface area (Å²) in [4.78, 5) is 23.7. The van der Waals surface area contributed by atoms with Crippen molar-refractivity contribution in [3.8, 4) is 0 Å². The molecule has 9 heteroatoms. The highest BCUT2D eigenvalue weighted by atomic mass is 19.2. The van der Waals surface area contributed by atoms with Crippen LogP contribution in [0.5, 0.6) is 0 Å². The number of benzene rings is 1. The molecule has 1 aromatic carbocycles. The van der Waals surface area contributed by atoms with Gasteiger partial charge >= 0.3 is 0 Å². The van der Waals surface area contributed by atoms with E-state index in [1.54, 1.807) is 6.08 Å². The molecule has 1 atom stereocenters. The summed E-state index contributed by atoms with van der Waals surface area (Å²) >= 11 is 0. The molecule has 0 aromatic heterocycles. The van der Waals surface area contributed by atoms with Gasteiger partial charge in [0.15, 0.2) is 23.3 Å². The monoisotopic (exact) mass is 360 g/mol. The minimum atomic E-state index is -2.37. The van der Waals surface area contributed by atoms with Crippen LogP contribution in [-0.2, 0) is 4.79 Å². The Morgan fingerprint density at radius 3 is 2.12 bits per heavy atom. The van der Waals surface area contributed by atoms with Crippen LogP contribution in [0.1, 0.15) is 23.7 Å². The first kappa shape index (κ1) is 18.6. The number of amides is 2. The summed E-state index contributed by atoms with van der Waals surface area (Å²) in [5, 5.41) is 4.38. The lowest BCUT2D eigenvalue weighted by molar-refractivity contribution is -0.122. The van der Waals surface area contributed by atoms with Gasteiger partial charge in [0.05, 0.1) is 0 Å². The Morgan fingerprint density at radius 2 is 1.60 bits per heavy atom.